The number of aliphatic hydroxyl groups excluding tert-OH is 1. The fourth-order valence-corrected chi connectivity index (χ4v) is 4.05. The van der Waals surface area contributed by atoms with Crippen LogP contribution in [0.15, 0.2) is 63.5 Å². The van der Waals surface area contributed by atoms with Gasteiger partial charge in [0.2, 0.25) is 5.78 Å². The summed E-state index contributed by atoms with van der Waals surface area (Å²) in [5.74, 6) is -1.26. The van der Waals surface area contributed by atoms with E-state index in [1.165, 1.54) is 25.6 Å². The predicted molar refractivity (Wildman–Crippen MR) is 120 cm³/mol. The van der Waals surface area contributed by atoms with Gasteiger partial charge >= 0.3 is 11.9 Å². The third-order valence-electron chi connectivity index (χ3n) is 5.00. The van der Waals surface area contributed by atoms with E-state index in [9.17, 15) is 19.5 Å². The zero-order valence-corrected chi connectivity index (χ0v) is 18.8. The van der Waals surface area contributed by atoms with Gasteiger partial charge in [0.25, 0.3) is 0 Å². The number of carbonyl (C=O) groups is 3. The Morgan fingerprint density at radius 3 is 1.94 bits per heavy atom. The van der Waals surface area contributed by atoms with Gasteiger partial charge in [-0.3, -0.25) is 4.79 Å². The molecule has 1 fully saturated rings. The van der Waals surface area contributed by atoms with Gasteiger partial charge in [0.15, 0.2) is 0 Å². The summed E-state index contributed by atoms with van der Waals surface area (Å²) in [7, 11) is 0. The fraction of sp³-hybridized carbons (Fsp3) is 0.333. The van der Waals surface area contributed by atoms with Crippen molar-refractivity contribution in [2.45, 2.75) is 61.5 Å². The maximum absolute atomic E-state index is 12.3. The van der Waals surface area contributed by atoms with Crippen LogP contribution in [0.2, 0.25) is 0 Å². The lowest BCUT2D eigenvalue weighted by atomic mass is 9.95. The third kappa shape index (κ3) is 6.77. The number of rotatable bonds is 7. The number of oxime groups is 1. The zero-order chi connectivity index (χ0) is 23.1. The van der Waals surface area contributed by atoms with Gasteiger partial charge in [-0.15, -0.1) is 0 Å². The van der Waals surface area contributed by atoms with Gasteiger partial charge in [0.1, 0.15) is 11.8 Å². The van der Waals surface area contributed by atoms with Crippen LogP contribution in [-0.2, 0) is 14.4 Å². The van der Waals surface area contributed by atoms with E-state index in [0.29, 0.717) is 36.8 Å². The minimum atomic E-state index is -0.586. The molecule has 0 unspecified atom stereocenters. The molecule has 168 valence electrons. The van der Waals surface area contributed by atoms with E-state index in [0.717, 1.165) is 9.79 Å². The first kappa shape index (κ1) is 23.7. The molecule has 0 atom stereocenters. The molecule has 2 aromatic carbocycles. The van der Waals surface area contributed by atoms with E-state index in [1.54, 1.807) is 24.3 Å². The molecule has 0 bridgehead atoms. The molecular formula is C24H25NO6S. The highest BCUT2D eigenvalue weighted by molar-refractivity contribution is 7.99. The molecule has 0 heterocycles. The topological polar surface area (TPSA) is 102 Å². The van der Waals surface area contributed by atoms with Crippen molar-refractivity contribution < 1.29 is 29.1 Å². The number of ether oxygens (including phenoxy) is 1. The first-order valence-electron chi connectivity index (χ1n) is 10.4. The van der Waals surface area contributed by atoms with Crippen molar-refractivity contribution in [2.24, 2.45) is 5.16 Å². The number of ketones is 1. The van der Waals surface area contributed by atoms with Crippen LogP contribution in [0, 0.1) is 0 Å². The number of hydrogen-bond acceptors (Lipinski definition) is 8. The van der Waals surface area contributed by atoms with Crippen molar-refractivity contribution in [1.82, 2.24) is 0 Å². The minimum Gasteiger partial charge on any atom is -0.459 e. The number of benzene rings is 2. The van der Waals surface area contributed by atoms with Gasteiger partial charge in [0, 0.05) is 22.3 Å². The Hall–Kier alpha value is -2.97. The molecule has 3 rings (SSSR count). The van der Waals surface area contributed by atoms with Crippen LogP contribution in [0.3, 0.4) is 0 Å². The largest absolute Gasteiger partial charge is 0.459 e. The Balaban J connectivity index is 1.56. The zero-order valence-electron chi connectivity index (χ0n) is 17.9. The number of Topliss-reactive ketones (excluding diaryl/α,β-unsaturated/α-hetero) is 1. The molecule has 0 aliphatic heterocycles. The Morgan fingerprint density at radius 2 is 1.41 bits per heavy atom. The minimum absolute atomic E-state index is 0.0903. The number of aliphatic hydroxyl groups is 1. The second-order valence-electron chi connectivity index (χ2n) is 7.58. The second kappa shape index (κ2) is 11.1. The van der Waals surface area contributed by atoms with E-state index < -0.39 is 5.97 Å². The molecule has 7 nitrogen and oxygen atoms in total. The van der Waals surface area contributed by atoms with Crippen molar-refractivity contribution in [3.05, 3.63) is 59.7 Å². The van der Waals surface area contributed by atoms with Crippen LogP contribution in [0.4, 0.5) is 0 Å². The van der Waals surface area contributed by atoms with E-state index in [-0.39, 0.29) is 29.7 Å². The number of nitrogens with zero attached hydrogens (tertiary/aromatic N) is 1. The maximum Gasteiger partial charge on any atom is 0.338 e. The first-order chi connectivity index (χ1) is 15.3. The van der Waals surface area contributed by atoms with Gasteiger partial charge in [-0.05, 0) is 81.1 Å². The molecule has 0 saturated heterocycles. The van der Waals surface area contributed by atoms with E-state index in [1.807, 2.05) is 24.3 Å². The second-order valence-corrected chi connectivity index (χ2v) is 8.72. The monoisotopic (exact) mass is 455 g/mol. The van der Waals surface area contributed by atoms with Crippen LogP contribution in [-0.4, -0.2) is 40.7 Å². The highest BCUT2D eigenvalue weighted by atomic mass is 32.2. The SMILES string of the molecule is CC(=O)ON=C(C)C(=O)c1ccc(Sc2ccc(C(=O)OC3CCC(O)CC3)cc2)cc1. The molecule has 0 spiro atoms. The van der Waals surface area contributed by atoms with Crippen molar-refractivity contribution in [1.29, 1.82) is 0 Å². The molecule has 0 radical (unpaired) electrons. The summed E-state index contributed by atoms with van der Waals surface area (Å²) in [5.41, 5.74) is 1.02. The normalized spacial score (nSPS) is 18.7. The standard InChI is InChI=1S/C24H25NO6S/c1-15(25-31-16(2)26)23(28)17-3-11-21(12-4-17)32-22-13-5-18(6-14-22)24(29)30-20-9-7-19(27)8-10-20/h3-6,11-14,19-20,27H,7-10H2,1-2H3. The lowest BCUT2D eigenvalue weighted by molar-refractivity contribution is -0.140. The van der Waals surface area contributed by atoms with Crippen LogP contribution in [0.25, 0.3) is 0 Å². The summed E-state index contributed by atoms with van der Waals surface area (Å²) in [6.45, 7) is 2.70. The van der Waals surface area contributed by atoms with Crippen molar-refractivity contribution in [2.75, 3.05) is 0 Å². The van der Waals surface area contributed by atoms with Crippen molar-refractivity contribution >= 4 is 35.2 Å². The third-order valence-corrected chi connectivity index (χ3v) is 6.02. The lowest BCUT2D eigenvalue weighted by Crippen LogP contribution is -2.26. The van der Waals surface area contributed by atoms with Crippen molar-refractivity contribution in [3.63, 3.8) is 0 Å². The van der Waals surface area contributed by atoms with Crippen LogP contribution < -0.4 is 0 Å². The quantitative estimate of drug-likeness (QED) is 0.217. The summed E-state index contributed by atoms with van der Waals surface area (Å²) in [6.07, 6.45) is 2.28. The lowest BCUT2D eigenvalue weighted by Gasteiger charge is -2.25. The molecule has 8 heteroatoms. The summed E-state index contributed by atoms with van der Waals surface area (Å²) in [4.78, 5) is 41.8. The predicted octanol–water partition coefficient (Wildman–Crippen LogP) is 4.42. The maximum atomic E-state index is 12.3. The average Bonchev–Trinajstić information content (AvgIpc) is 2.79. The Morgan fingerprint density at radius 1 is 0.875 bits per heavy atom. The molecular weight excluding hydrogens is 430 g/mol. The molecule has 2 aromatic rings. The highest BCUT2D eigenvalue weighted by Gasteiger charge is 2.23. The van der Waals surface area contributed by atoms with Gasteiger partial charge < -0.3 is 14.7 Å². The van der Waals surface area contributed by atoms with Crippen molar-refractivity contribution in [3.8, 4) is 0 Å². The van der Waals surface area contributed by atoms with E-state index in [4.69, 9.17) is 4.74 Å². The summed E-state index contributed by atoms with van der Waals surface area (Å²) >= 11 is 1.50. The Kier molecular flexibility index (Phi) is 8.19. The molecule has 0 amide bonds. The van der Waals surface area contributed by atoms with Gasteiger partial charge in [-0.25, -0.2) is 9.59 Å². The molecule has 1 aliphatic carbocycles. The van der Waals surface area contributed by atoms with Crippen LogP contribution in [0.5, 0.6) is 0 Å². The molecule has 32 heavy (non-hydrogen) atoms. The molecule has 1 saturated carbocycles. The smallest absolute Gasteiger partial charge is 0.338 e. The van der Waals surface area contributed by atoms with Gasteiger partial charge in [-0.2, -0.15) is 0 Å². The summed E-state index contributed by atoms with van der Waals surface area (Å²) in [5, 5.41) is 13.1. The van der Waals surface area contributed by atoms with E-state index >= 15 is 0 Å². The summed E-state index contributed by atoms with van der Waals surface area (Å²) in [6, 6.07) is 14.2. The number of esters is 1. The summed E-state index contributed by atoms with van der Waals surface area (Å²) < 4.78 is 5.54. The molecule has 1 N–H and O–H groups in total. The van der Waals surface area contributed by atoms with Crippen LogP contribution in [0.1, 0.15) is 60.2 Å². The van der Waals surface area contributed by atoms with Crippen LogP contribution >= 0.6 is 11.8 Å². The van der Waals surface area contributed by atoms with Gasteiger partial charge in [0.05, 0.1) is 11.7 Å². The molecule has 0 aromatic heterocycles. The number of hydrogen-bond donors (Lipinski definition) is 1. The van der Waals surface area contributed by atoms with Gasteiger partial charge in [-0.1, -0.05) is 16.9 Å². The fourth-order valence-electron chi connectivity index (χ4n) is 3.24. The molecule has 1 aliphatic rings. The number of carbonyl (C=O) groups excluding carboxylic acids is 3. The van der Waals surface area contributed by atoms with E-state index in [2.05, 4.69) is 9.99 Å². The highest BCUT2D eigenvalue weighted by Crippen LogP contribution is 2.29. The average molecular weight is 456 g/mol. The Labute approximate surface area is 190 Å². The first-order valence-corrected chi connectivity index (χ1v) is 11.2. The Bertz CT molecular complexity index is 992.